The lowest BCUT2D eigenvalue weighted by Crippen LogP contribution is -2.25. The van der Waals surface area contributed by atoms with E-state index in [1.807, 2.05) is 6.92 Å². The number of carbonyl (C=O) groups is 1. The number of benzene rings is 1. The quantitative estimate of drug-likeness (QED) is 0.603. The molecule has 6 nitrogen and oxygen atoms in total. The minimum atomic E-state index is -3.54. The first-order valence-corrected chi connectivity index (χ1v) is 8.00. The van der Waals surface area contributed by atoms with E-state index in [0.717, 1.165) is 0 Å². The number of hydrogen-bond acceptors (Lipinski definition) is 4. The van der Waals surface area contributed by atoms with Crippen LogP contribution in [0.2, 0.25) is 0 Å². The van der Waals surface area contributed by atoms with Crippen LogP contribution in [-0.4, -0.2) is 32.6 Å². The third-order valence-electron chi connectivity index (χ3n) is 2.60. The second-order valence-corrected chi connectivity index (χ2v) is 6.05. The number of rotatable bonds is 9. The van der Waals surface area contributed by atoms with Crippen LogP contribution in [0.25, 0.3) is 0 Å². The zero-order valence-corrected chi connectivity index (χ0v) is 12.2. The SMILES string of the molecule is CCCNS(=O)(=O)c1ccccc1NCCCC(=O)O. The van der Waals surface area contributed by atoms with Crippen molar-refractivity contribution in [3.05, 3.63) is 24.3 Å². The number of hydrogen-bond donors (Lipinski definition) is 3. The fraction of sp³-hybridized carbons (Fsp3) is 0.462. The van der Waals surface area contributed by atoms with Crippen molar-refractivity contribution < 1.29 is 18.3 Å². The Labute approximate surface area is 119 Å². The summed E-state index contributed by atoms with van der Waals surface area (Å²) >= 11 is 0. The largest absolute Gasteiger partial charge is 0.481 e. The van der Waals surface area contributed by atoms with E-state index in [9.17, 15) is 13.2 Å². The van der Waals surface area contributed by atoms with Crippen molar-refractivity contribution in [2.24, 2.45) is 0 Å². The number of nitrogens with one attached hydrogen (secondary N) is 2. The molecular formula is C13H20N2O4S. The van der Waals surface area contributed by atoms with Gasteiger partial charge in [0.25, 0.3) is 0 Å². The summed E-state index contributed by atoms with van der Waals surface area (Å²) in [5.41, 5.74) is 0.487. The summed E-state index contributed by atoms with van der Waals surface area (Å²) in [6, 6.07) is 6.58. The summed E-state index contributed by atoms with van der Waals surface area (Å²) in [7, 11) is -3.54. The molecule has 0 saturated carbocycles. The molecular weight excluding hydrogens is 280 g/mol. The molecule has 0 aliphatic rings. The maximum absolute atomic E-state index is 12.1. The Kier molecular flexibility index (Phi) is 6.47. The zero-order valence-electron chi connectivity index (χ0n) is 11.4. The zero-order chi connectivity index (χ0) is 15.0. The normalized spacial score (nSPS) is 11.2. The van der Waals surface area contributed by atoms with E-state index in [0.29, 0.717) is 31.6 Å². The van der Waals surface area contributed by atoms with Crippen LogP contribution in [0.5, 0.6) is 0 Å². The maximum atomic E-state index is 12.1. The second-order valence-electron chi connectivity index (χ2n) is 4.32. The molecule has 0 radical (unpaired) electrons. The molecule has 0 aromatic heterocycles. The number of anilines is 1. The van der Waals surface area contributed by atoms with Gasteiger partial charge in [-0.25, -0.2) is 13.1 Å². The standard InChI is InChI=1S/C13H20N2O4S/c1-2-9-15-20(18,19)12-7-4-3-6-11(12)14-10-5-8-13(16)17/h3-4,6-7,14-15H,2,5,8-10H2,1H3,(H,16,17). The number of sulfonamides is 1. The van der Waals surface area contributed by atoms with Gasteiger partial charge in [0, 0.05) is 19.5 Å². The first-order valence-electron chi connectivity index (χ1n) is 6.51. The predicted molar refractivity (Wildman–Crippen MR) is 77.3 cm³/mol. The van der Waals surface area contributed by atoms with Crippen LogP contribution in [0.4, 0.5) is 5.69 Å². The van der Waals surface area contributed by atoms with Gasteiger partial charge in [-0.15, -0.1) is 0 Å². The first kappa shape index (κ1) is 16.5. The molecule has 0 bridgehead atoms. The molecule has 0 saturated heterocycles. The van der Waals surface area contributed by atoms with Gasteiger partial charge in [-0.3, -0.25) is 4.79 Å². The molecule has 0 spiro atoms. The number of carboxylic acid groups (broad SMARTS) is 1. The molecule has 0 amide bonds. The highest BCUT2D eigenvalue weighted by Gasteiger charge is 2.16. The van der Waals surface area contributed by atoms with Crippen molar-refractivity contribution >= 4 is 21.7 Å². The summed E-state index contributed by atoms with van der Waals surface area (Å²) in [6.45, 7) is 2.68. The first-order chi connectivity index (χ1) is 9.47. The topological polar surface area (TPSA) is 95.5 Å². The summed E-state index contributed by atoms with van der Waals surface area (Å²) in [5, 5.41) is 11.5. The van der Waals surface area contributed by atoms with Gasteiger partial charge in [0.1, 0.15) is 4.90 Å². The fourth-order valence-corrected chi connectivity index (χ4v) is 2.94. The van der Waals surface area contributed by atoms with Crippen LogP contribution in [-0.2, 0) is 14.8 Å². The van der Waals surface area contributed by atoms with Gasteiger partial charge in [0.15, 0.2) is 0 Å². The Morgan fingerprint density at radius 2 is 1.95 bits per heavy atom. The average molecular weight is 300 g/mol. The lowest BCUT2D eigenvalue weighted by atomic mass is 10.3. The minimum absolute atomic E-state index is 0.0516. The summed E-state index contributed by atoms with van der Waals surface area (Å²) in [5.74, 6) is -0.864. The Bertz CT molecular complexity index is 543. The second kappa shape index (κ2) is 7.86. The Hall–Kier alpha value is -1.60. The van der Waals surface area contributed by atoms with Gasteiger partial charge >= 0.3 is 5.97 Å². The van der Waals surface area contributed by atoms with Gasteiger partial charge < -0.3 is 10.4 Å². The minimum Gasteiger partial charge on any atom is -0.481 e. The molecule has 0 aliphatic heterocycles. The maximum Gasteiger partial charge on any atom is 0.303 e. The molecule has 0 fully saturated rings. The van der Waals surface area contributed by atoms with Gasteiger partial charge in [0.05, 0.1) is 5.69 Å². The third kappa shape index (κ3) is 5.18. The molecule has 1 aromatic rings. The Morgan fingerprint density at radius 1 is 1.25 bits per heavy atom. The van der Waals surface area contributed by atoms with Crippen molar-refractivity contribution in [3.8, 4) is 0 Å². The predicted octanol–water partition coefficient (Wildman–Crippen LogP) is 1.65. The van der Waals surface area contributed by atoms with Gasteiger partial charge in [0.2, 0.25) is 10.0 Å². The highest BCUT2D eigenvalue weighted by atomic mass is 32.2. The van der Waals surface area contributed by atoms with Crippen molar-refractivity contribution in [1.82, 2.24) is 4.72 Å². The molecule has 112 valence electrons. The van der Waals surface area contributed by atoms with Crippen LogP contribution in [0, 0.1) is 0 Å². The van der Waals surface area contributed by atoms with Crippen molar-refractivity contribution in [2.75, 3.05) is 18.4 Å². The van der Waals surface area contributed by atoms with Crippen LogP contribution in [0.1, 0.15) is 26.2 Å². The van der Waals surface area contributed by atoms with E-state index in [4.69, 9.17) is 5.11 Å². The number of para-hydroxylation sites is 1. The van der Waals surface area contributed by atoms with Gasteiger partial charge in [-0.2, -0.15) is 0 Å². The molecule has 0 unspecified atom stereocenters. The molecule has 0 aliphatic carbocycles. The summed E-state index contributed by atoms with van der Waals surface area (Å²) in [4.78, 5) is 10.6. The molecule has 0 heterocycles. The van der Waals surface area contributed by atoms with Gasteiger partial charge in [-0.1, -0.05) is 19.1 Å². The highest BCUT2D eigenvalue weighted by Crippen LogP contribution is 2.20. The molecule has 3 N–H and O–H groups in total. The molecule has 0 atom stereocenters. The van der Waals surface area contributed by atoms with Crippen molar-refractivity contribution in [3.63, 3.8) is 0 Å². The van der Waals surface area contributed by atoms with Crippen LogP contribution in [0.15, 0.2) is 29.2 Å². The van der Waals surface area contributed by atoms with Crippen molar-refractivity contribution in [1.29, 1.82) is 0 Å². The smallest absolute Gasteiger partial charge is 0.303 e. The third-order valence-corrected chi connectivity index (χ3v) is 4.12. The van der Waals surface area contributed by atoms with Gasteiger partial charge in [-0.05, 0) is 25.0 Å². The molecule has 1 aromatic carbocycles. The van der Waals surface area contributed by atoms with Crippen LogP contribution >= 0.6 is 0 Å². The fourth-order valence-electron chi connectivity index (χ4n) is 1.62. The van der Waals surface area contributed by atoms with Crippen LogP contribution in [0.3, 0.4) is 0 Å². The monoisotopic (exact) mass is 300 g/mol. The number of aliphatic carboxylic acids is 1. The van der Waals surface area contributed by atoms with E-state index in [-0.39, 0.29) is 11.3 Å². The van der Waals surface area contributed by atoms with E-state index in [1.165, 1.54) is 6.07 Å². The lowest BCUT2D eigenvalue weighted by molar-refractivity contribution is -0.137. The summed E-state index contributed by atoms with van der Waals surface area (Å²) < 4.78 is 26.7. The summed E-state index contributed by atoms with van der Waals surface area (Å²) in [6.07, 6.45) is 1.20. The molecule has 1 rings (SSSR count). The Balaban J connectivity index is 2.75. The van der Waals surface area contributed by atoms with E-state index < -0.39 is 16.0 Å². The Morgan fingerprint density at radius 3 is 2.60 bits per heavy atom. The number of carboxylic acids is 1. The average Bonchev–Trinajstić information content (AvgIpc) is 2.41. The molecule has 7 heteroatoms. The highest BCUT2D eigenvalue weighted by molar-refractivity contribution is 7.89. The van der Waals surface area contributed by atoms with E-state index in [1.54, 1.807) is 18.2 Å². The molecule has 20 heavy (non-hydrogen) atoms. The van der Waals surface area contributed by atoms with E-state index >= 15 is 0 Å². The van der Waals surface area contributed by atoms with Crippen molar-refractivity contribution in [2.45, 2.75) is 31.1 Å². The lowest BCUT2D eigenvalue weighted by Gasteiger charge is -2.12. The van der Waals surface area contributed by atoms with E-state index in [2.05, 4.69) is 10.0 Å². The van der Waals surface area contributed by atoms with Crippen LogP contribution < -0.4 is 10.0 Å².